The van der Waals surface area contributed by atoms with Crippen molar-refractivity contribution in [2.45, 2.75) is 12.8 Å². The molecule has 68 valence electrons. The van der Waals surface area contributed by atoms with E-state index in [-0.39, 0.29) is 0 Å². The van der Waals surface area contributed by atoms with Gasteiger partial charge in [-0.3, -0.25) is 0 Å². The molecule has 0 fully saturated rings. The van der Waals surface area contributed by atoms with Gasteiger partial charge in [-0.15, -0.1) is 22.9 Å². The van der Waals surface area contributed by atoms with Crippen molar-refractivity contribution in [2.24, 2.45) is 0 Å². The van der Waals surface area contributed by atoms with Crippen LogP contribution in [0.2, 0.25) is 0 Å². The third-order valence-corrected chi connectivity index (χ3v) is 4.71. The SMILES string of the molecule is Cc1csc2c(I)cc(CCl)cc12. The smallest absolute Gasteiger partial charge is 0.0479 e. The lowest BCUT2D eigenvalue weighted by molar-refractivity contribution is 1.41. The molecule has 13 heavy (non-hydrogen) atoms. The molecule has 2 aromatic rings. The van der Waals surface area contributed by atoms with Crippen LogP contribution >= 0.6 is 45.5 Å². The van der Waals surface area contributed by atoms with Gasteiger partial charge in [0.15, 0.2) is 0 Å². The average molecular weight is 323 g/mol. The minimum atomic E-state index is 0.598. The molecule has 0 unspecified atom stereocenters. The molecule has 0 saturated heterocycles. The molecular weight excluding hydrogens is 315 g/mol. The highest BCUT2D eigenvalue weighted by molar-refractivity contribution is 14.1. The minimum Gasteiger partial charge on any atom is -0.142 e. The number of aryl methyl sites for hydroxylation is 1. The van der Waals surface area contributed by atoms with Crippen LogP contribution in [0, 0.1) is 10.5 Å². The Balaban J connectivity index is 2.80. The fourth-order valence-electron chi connectivity index (χ4n) is 1.35. The number of hydrogen-bond acceptors (Lipinski definition) is 1. The number of thiophene rings is 1. The van der Waals surface area contributed by atoms with Crippen LogP contribution < -0.4 is 0 Å². The van der Waals surface area contributed by atoms with Crippen molar-refractivity contribution in [1.82, 2.24) is 0 Å². The lowest BCUT2D eigenvalue weighted by Gasteiger charge is -1.99. The van der Waals surface area contributed by atoms with Gasteiger partial charge in [0, 0.05) is 14.2 Å². The third kappa shape index (κ3) is 1.72. The van der Waals surface area contributed by atoms with Gasteiger partial charge in [-0.05, 0) is 63.5 Å². The topological polar surface area (TPSA) is 0 Å². The summed E-state index contributed by atoms with van der Waals surface area (Å²) in [7, 11) is 0. The predicted octanol–water partition coefficient (Wildman–Crippen LogP) is 4.55. The van der Waals surface area contributed by atoms with Crippen molar-refractivity contribution < 1.29 is 0 Å². The van der Waals surface area contributed by atoms with E-state index in [0.29, 0.717) is 5.88 Å². The van der Waals surface area contributed by atoms with Crippen molar-refractivity contribution in [3.63, 3.8) is 0 Å². The van der Waals surface area contributed by atoms with E-state index in [0.717, 1.165) is 0 Å². The van der Waals surface area contributed by atoms with Gasteiger partial charge < -0.3 is 0 Å². The maximum atomic E-state index is 5.82. The van der Waals surface area contributed by atoms with E-state index >= 15 is 0 Å². The van der Waals surface area contributed by atoms with Crippen LogP contribution in [-0.4, -0.2) is 0 Å². The van der Waals surface area contributed by atoms with Gasteiger partial charge in [0.2, 0.25) is 0 Å². The van der Waals surface area contributed by atoms with Crippen LogP contribution in [0.1, 0.15) is 11.1 Å². The molecule has 0 saturated carbocycles. The van der Waals surface area contributed by atoms with Gasteiger partial charge in [-0.2, -0.15) is 0 Å². The van der Waals surface area contributed by atoms with E-state index in [1.54, 1.807) is 0 Å². The van der Waals surface area contributed by atoms with Crippen molar-refractivity contribution in [3.05, 3.63) is 32.2 Å². The highest BCUT2D eigenvalue weighted by Gasteiger charge is 2.05. The summed E-state index contributed by atoms with van der Waals surface area (Å²) >= 11 is 10.0. The summed E-state index contributed by atoms with van der Waals surface area (Å²) in [6.07, 6.45) is 0. The zero-order valence-electron chi connectivity index (χ0n) is 7.10. The molecule has 1 heterocycles. The maximum absolute atomic E-state index is 5.82. The molecule has 0 N–H and O–H groups in total. The van der Waals surface area contributed by atoms with E-state index in [9.17, 15) is 0 Å². The molecule has 0 bridgehead atoms. The Hall–Kier alpha value is 0.200. The molecule has 0 aliphatic rings. The number of hydrogen-bond donors (Lipinski definition) is 0. The normalized spacial score (nSPS) is 11.0. The largest absolute Gasteiger partial charge is 0.142 e. The van der Waals surface area contributed by atoms with Crippen molar-refractivity contribution in [1.29, 1.82) is 0 Å². The summed E-state index contributed by atoms with van der Waals surface area (Å²) < 4.78 is 2.69. The third-order valence-electron chi connectivity index (χ3n) is 2.04. The molecule has 0 radical (unpaired) electrons. The monoisotopic (exact) mass is 322 g/mol. The Kier molecular flexibility index (Phi) is 2.81. The second kappa shape index (κ2) is 3.75. The van der Waals surface area contributed by atoms with Crippen molar-refractivity contribution >= 4 is 55.6 Å². The fourth-order valence-corrected chi connectivity index (χ4v) is 3.52. The number of halogens is 2. The molecular formula is C10H8ClIS. The van der Waals surface area contributed by atoms with Gasteiger partial charge in [0.25, 0.3) is 0 Å². The Labute approximate surface area is 100 Å². The summed E-state index contributed by atoms with van der Waals surface area (Å²) in [6.45, 7) is 2.15. The van der Waals surface area contributed by atoms with E-state index in [4.69, 9.17) is 11.6 Å². The number of rotatable bonds is 1. The molecule has 0 aliphatic carbocycles. The highest BCUT2D eigenvalue weighted by atomic mass is 127. The lowest BCUT2D eigenvalue weighted by Crippen LogP contribution is -1.80. The summed E-state index contributed by atoms with van der Waals surface area (Å²) in [6, 6.07) is 4.35. The van der Waals surface area contributed by atoms with E-state index in [1.807, 2.05) is 11.3 Å². The van der Waals surface area contributed by atoms with Crippen molar-refractivity contribution in [3.8, 4) is 0 Å². The summed E-state index contributed by atoms with van der Waals surface area (Å²) in [5, 5.41) is 3.55. The fraction of sp³-hybridized carbons (Fsp3) is 0.200. The molecule has 0 atom stereocenters. The van der Waals surface area contributed by atoms with Crippen LogP contribution in [-0.2, 0) is 5.88 Å². The second-order valence-electron chi connectivity index (χ2n) is 3.01. The van der Waals surface area contributed by atoms with Crippen LogP contribution in [0.3, 0.4) is 0 Å². The van der Waals surface area contributed by atoms with Crippen LogP contribution in [0.4, 0.5) is 0 Å². The Morgan fingerprint density at radius 2 is 2.23 bits per heavy atom. The Morgan fingerprint density at radius 1 is 1.46 bits per heavy atom. The van der Waals surface area contributed by atoms with Crippen LogP contribution in [0.5, 0.6) is 0 Å². The standard InChI is InChI=1S/C10H8ClIS/c1-6-5-13-10-8(6)2-7(4-11)3-9(10)12/h2-3,5H,4H2,1H3. The first-order chi connectivity index (χ1) is 6.22. The maximum Gasteiger partial charge on any atom is 0.0479 e. The van der Waals surface area contributed by atoms with Crippen molar-refractivity contribution in [2.75, 3.05) is 0 Å². The molecule has 0 nitrogen and oxygen atoms in total. The first-order valence-corrected chi connectivity index (χ1v) is 6.44. The highest BCUT2D eigenvalue weighted by Crippen LogP contribution is 2.31. The van der Waals surface area contributed by atoms with Crippen LogP contribution in [0.25, 0.3) is 10.1 Å². The van der Waals surface area contributed by atoms with Gasteiger partial charge in [-0.25, -0.2) is 0 Å². The second-order valence-corrected chi connectivity index (χ2v) is 5.32. The predicted molar refractivity (Wildman–Crippen MR) is 68.8 cm³/mol. The van der Waals surface area contributed by atoms with E-state index in [2.05, 4.69) is 47.0 Å². The molecule has 3 heteroatoms. The van der Waals surface area contributed by atoms with E-state index < -0.39 is 0 Å². The Morgan fingerprint density at radius 3 is 2.92 bits per heavy atom. The summed E-state index contributed by atoms with van der Waals surface area (Å²) in [5.41, 5.74) is 2.56. The first kappa shape index (κ1) is 9.74. The Bertz CT molecular complexity index is 447. The van der Waals surface area contributed by atoms with E-state index in [1.165, 1.54) is 24.8 Å². The van der Waals surface area contributed by atoms with Crippen LogP contribution in [0.15, 0.2) is 17.5 Å². The molecule has 1 aromatic carbocycles. The minimum absolute atomic E-state index is 0.598. The van der Waals surface area contributed by atoms with Gasteiger partial charge in [0.1, 0.15) is 0 Å². The molecule has 1 aromatic heterocycles. The lowest BCUT2D eigenvalue weighted by atomic mass is 10.1. The molecule has 0 spiro atoms. The summed E-state index contributed by atoms with van der Waals surface area (Å²) in [5.74, 6) is 0.598. The molecule has 0 amide bonds. The number of fused-ring (bicyclic) bond motifs is 1. The van der Waals surface area contributed by atoms with Gasteiger partial charge >= 0.3 is 0 Å². The zero-order valence-corrected chi connectivity index (χ0v) is 10.8. The molecule has 2 rings (SSSR count). The number of alkyl halides is 1. The summed E-state index contributed by atoms with van der Waals surface area (Å²) in [4.78, 5) is 0. The number of benzene rings is 1. The van der Waals surface area contributed by atoms with Gasteiger partial charge in [-0.1, -0.05) is 0 Å². The molecule has 0 aliphatic heterocycles. The quantitative estimate of drug-likeness (QED) is 0.533. The van der Waals surface area contributed by atoms with Gasteiger partial charge in [0.05, 0.1) is 0 Å². The zero-order chi connectivity index (χ0) is 9.42. The first-order valence-electron chi connectivity index (χ1n) is 3.94. The average Bonchev–Trinajstić information content (AvgIpc) is 2.48.